The monoisotopic (exact) mass is 406 g/mol. The number of carbonyl (C=O) groups excluding carboxylic acids is 1. The average molecular weight is 407 g/mol. The van der Waals surface area contributed by atoms with Gasteiger partial charge in [0.1, 0.15) is 6.29 Å². The maximum Gasteiger partial charge on any atom is 0.216 e. The molecule has 27 heavy (non-hydrogen) atoms. The highest BCUT2D eigenvalue weighted by atomic mass is 28.4. The van der Waals surface area contributed by atoms with Crippen LogP contribution >= 0.6 is 0 Å². The van der Waals surface area contributed by atoms with Gasteiger partial charge in [0.2, 0.25) is 8.32 Å². The summed E-state index contributed by atoms with van der Waals surface area (Å²) >= 11 is 0. The summed E-state index contributed by atoms with van der Waals surface area (Å²) in [7, 11) is -3.03. The SMILES string of the molecule is CC[Si](/C=C/C[Si](C)(C)C)(CC)OC(CC=O)CCOCc1ccccc1. The van der Waals surface area contributed by atoms with Crippen molar-refractivity contribution in [2.45, 2.75) is 77.2 Å². The van der Waals surface area contributed by atoms with Crippen LogP contribution in [0.4, 0.5) is 0 Å². The molecule has 0 N–H and O–H groups in total. The molecule has 0 radical (unpaired) electrons. The Balaban J connectivity index is 2.60. The third kappa shape index (κ3) is 10.2. The minimum absolute atomic E-state index is 0.0404. The molecular weight excluding hydrogens is 368 g/mol. The molecule has 1 aromatic carbocycles. The highest BCUT2D eigenvalue weighted by Gasteiger charge is 2.31. The molecule has 0 aliphatic rings. The molecule has 3 nitrogen and oxygen atoms in total. The molecule has 1 atom stereocenters. The third-order valence-corrected chi connectivity index (χ3v) is 10.3. The average Bonchev–Trinajstić information content (AvgIpc) is 2.64. The van der Waals surface area contributed by atoms with Crippen LogP contribution in [0.5, 0.6) is 0 Å². The van der Waals surface area contributed by atoms with E-state index in [4.69, 9.17) is 9.16 Å². The van der Waals surface area contributed by atoms with Crippen molar-refractivity contribution >= 4 is 22.7 Å². The largest absolute Gasteiger partial charge is 0.410 e. The quantitative estimate of drug-likeness (QED) is 0.216. The van der Waals surface area contributed by atoms with E-state index in [1.807, 2.05) is 18.2 Å². The summed E-state index contributed by atoms with van der Waals surface area (Å²) in [4.78, 5) is 11.2. The van der Waals surface area contributed by atoms with Crippen LogP contribution in [0.2, 0.25) is 37.8 Å². The fourth-order valence-electron chi connectivity index (χ4n) is 2.96. The summed E-state index contributed by atoms with van der Waals surface area (Å²) in [6, 6.07) is 13.5. The fraction of sp³-hybridized carbons (Fsp3) is 0.591. The number of ether oxygens (including phenoxy) is 1. The summed E-state index contributed by atoms with van der Waals surface area (Å²) in [5, 5.41) is 0. The van der Waals surface area contributed by atoms with Crippen LogP contribution in [-0.2, 0) is 20.6 Å². The van der Waals surface area contributed by atoms with E-state index >= 15 is 0 Å². The van der Waals surface area contributed by atoms with Gasteiger partial charge in [-0.1, -0.05) is 75.6 Å². The first-order valence-electron chi connectivity index (χ1n) is 10.2. The van der Waals surface area contributed by atoms with Gasteiger partial charge in [-0.2, -0.15) is 0 Å². The summed E-state index contributed by atoms with van der Waals surface area (Å²) < 4.78 is 12.4. The molecule has 0 amide bonds. The molecular formula is C22H38O3Si2. The standard InChI is InChI=1S/C22H38O3Si2/c1-6-27(7-2,19-11-18-26(3,4)5)25-22(14-16-23)15-17-24-20-21-12-9-8-10-13-21/h8-13,16,19,22H,6-7,14-15,17-18,20H2,1-5H3/b19-11+. The zero-order chi connectivity index (χ0) is 20.2. The van der Waals surface area contributed by atoms with Gasteiger partial charge in [-0.3, -0.25) is 0 Å². The van der Waals surface area contributed by atoms with Crippen LogP contribution in [0.15, 0.2) is 42.1 Å². The predicted molar refractivity (Wildman–Crippen MR) is 120 cm³/mol. The van der Waals surface area contributed by atoms with Crippen molar-refractivity contribution in [1.29, 1.82) is 0 Å². The highest BCUT2D eigenvalue weighted by Crippen LogP contribution is 2.24. The van der Waals surface area contributed by atoms with Crippen LogP contribution in [-0.4, -0.2) is 35.4 Å². The van der Waals surface area contributed by atoms with Crippen molar-refractivity contribution in [3.63, 3.8) is 0 Å². The molecule has 1 aromatic rings. The normalized spacial score (nSPS) is 13.8. The second-order valence-corrected chi connectivity index (χ2v) is 18.1. The van der Waals surface area contributed by atoms with Crippen molar-refractivity contribution in [3.8, 4) is 0 Å². The van der Waals surface area contributed by atoms with Crippen LogP contribution in [0, 0.1) is 0 Å². The molecule has 0 fully saturated rings. The van der Waals surface area contributed by atoms with E-state index in [-0.39, 0.29) is 6.10 Å². The number of rotatable bonds is 14. The van der Waals surface area contributed by atoms with E-state index in [0.29, 0.717) is 19.6 Å². The van der Waals surface area contributed by atoms with Gasteiger partial charge in [-0.15, -0.1) is 0 Å². The Hall–Kier alpha value is -1.02. The number of hydrogen-bond acceptors (Lipinski definition) is 3. The van der Waals surface area contributed by atoms with Gasteiger partial charge in [-0.05, 0) is 30.1 Å². The minimum atomic E-state index is -1.94. The smallest absolute Gasteiger partial charge is 0.216 e. The lowest BCUT2D eigenvalue weighted by Crippen LogP contribution is -2.40. The van der Waals surface area contributed by atoms with E-state index in [2.05, 4.69) is 57.4 Å². The summed E-state index contributed by atoms with van der Waals surface area (Å²) in [6.45, 7) is 12.8. The van der Waals surface area contributed by atoms with E-state index in [0.717, 1.165) is 24.8 Å². The lowest BCUT2D eigenvalue weighted by molar-refractivity contribution is -0.109. The summed E-state index contributed by atoms with van der Waals surface area (Å²) in [5.41, 5.74) is 3.55. The molecule has 0 saturated heterocycles. The highest BCUT2D eigenvalue weighted by molar-refractivity contribution is 6.79. The predicted octanol–water partition coefficient (Wildman–Crippen LogP) is 5.99. The number of allylic oxidation sites excluding steroid dienone is 1. The lowest BCUT2D eigenvalue weighted by Gasteiger charge is -2.31. The molecule has 0 heterocycles. The van der Waals surface area contributed by atoms with Crippen LogP contribution < -0.4 is 0 Å². The maximum atomic E-state index is 11.2. The van der Waals surface area contributed by atoms with Gasteiger partial charge in [0, 0.05) is 21.1 Å². The Labute approximate surface area is 168 Å². The zero-order valence-corrected chi connectivity index (χ0v) is 19.9. The first-order chi connectivity index (χ1) is 12.8. The molecule has 152 valence electrons. The Kier molecular flexibility index (Phi) is 11.1. The van der Waals surface area contributed by atoms with Crippen LogP contribution in [0.25, 0.3) is 0 Å². The molecule has 0 aromatic heterocycles. The van der Waals surface area contributed by atoms with Crippen molar-refractivity contribution in [1.82, 2.24) is 0 Å². The van der Waals surface area contributed by atoms with Crippen molar-refractivity contribution in [2.75, 3.05) is 6.61 Å². The van der Waals surface area contributed by atoms with Crippen LogP contribution in [0.3, 0.4) is 0 Å². The van der Waals surface area contributed by atoms with E-state index < -0.39 is 16.4 Å². The number of aldehydes is 1. The molecule has 5 heteroatoms. The molecule has 0 saturated carbocycles. The van der Waals surface area contributed by atoms with Gasteiger partial charge in [0.25, 0.3) is 0 Å². The Morgan fingerprint density at radius 2 is 1.74 bits per heavy atom. The van der Waals surface area contributed by atoms with Crippen molar-refractivity contribution in [3.05, 3.63) is 47.7 Å². The van der Waals surface area contributed by atoms with Crippen molar-refractivity contribution < 1.29 is 14.0 Å². The van der Waals surface area contributed by atoms with Crippen LogP contribution in [0.1, 0.15) is 32.3 Å². The Bertz CT molecular complexity index is 548. The second kappa shape index (κ2) is 12.4. The van der Waals surface area contributed by atoms with Gasteiger partial charge in [0.15, 0.2) is 0 Å². The zero-order valence-electron chi connectivity index (χ0n) is 17.9. The van der Waals surface area contributed by atoms with Gasteiger partial charge in [-0.25, -0.2) is 0 Å². The molecule has 1 unspecified atom stereocenters. The molecule has 1 rings (SSSR count). The Morgan fingerprint density at radius 1 is 1.07 bits per heavy atom. The fourth-order valence-corrected chi connectivity index (χ4v) is 6.83. The first-order valence-corrected chi connectivity index (χ1v) is 16.4. The lowest BCUT2D eigenvalue weighted by atomic mass is 10.2. The Morgan fingerprint density at radius 3 is 2.30 bits per heavy atom. The number of hydrogen-bond donors (Lipinski definition) is 0. The van der Waals surface area contributed by atoms with Gasteiger partial charge in [0.05, 0.1) is 12.7 Å². The second-order valence-electron chi connectivity index (χ2n) is 8.41. The number of benzene rings is 1. The topological polar surface area (TPSA) is 35.5 Å². The molecule has 0 aliphatic heterocycles. The minimum Gasteiger partial charge on any atom is -0.410 e. The summed E-state index contributed by atoms with van der Waals surface area (Å²) in [5.74, 6) is 0. The summed E-state index contributed by atoms with van der Waals surface area (Å²) in [6.07, 6.45) is 4.52. The maximum absolute atomic E-state index is 11.2. The first kappa shape index (κ1) is 24.0. The molecule has 0 aliphatic carbocycles. The van der Waals surface area contributed by atoms with E-state index in [1.165, 1.54) is 11.6 Å². The van der Waals surface area contributed by atoms with E-state index in [1.54, 1.807) is 0 Å². The third-order valence-electron chi connectivity index (χ3n) is 4.80. The number of carbonyl (C=O) groups is 1. The van der Waals surface area contributed by atoms with Gasteiger partial charge < -0.3 is 14.0 Å². The van der Waals surface area contributed by atoms with Gasteiger partial charge >= 0.3 is 0 Å². The molecule has 0 bridgehead atoms. The molecule has 0 spiro atoms. The van der Waals surface area contributed by atoms with Crippen molar-refractivity contribution in [2.24, 2.45) is 0 Å². The van der Waals surface area contributed by atoms with E-state index in [9.17, 15) is 4.79 Å².